The third-order valence-electron chi connectivity index (χ3n) is 5.31. The summed E-state index contributed by atoms with van der Waals surface area (Å²) in [7, 11) is 1.67. The van der Waals surface area contributed by atoms with Gasteiger partial charge in [0, 0.05) is 46.4 Å². The van der Waals surface area contributed by atoms with Gasteiger partial charge < -0.3 is 14.7 Å². The lowest BCUT2D eigenvalue weighted by Gasteiger charge is -2.35. The zero-order valence-electron chi connectivity index (χ0n) is 15.0. The Kier molecular flexibility index (Phi) is 6.42. The Morgan fingerprint density at radius 1 is 1.16 bits per heavy atom. The minimum Gasteiger partial charge on any atom is -0.394 e. The fraction of sp³-hybridized carbons (Fsp3) is 0.632. The Hall–Kier alpha value is -1.47. The smallest absolute Gasteiger partial charge is 0.237 e. The van der Waals surface area contributed by atoms with Crippen molar-refractivity contribution in [2.24, 2.45) is 0 Å². The van der Waals surface area contributed by atoms with Crippen LogP contribution in [0.3, 0.4) is 0 Å². The molecule has 3 rings (SSSR count). The number of aliphatic hydroxyl groups excluding tert-OH is 1. The molecule has 0 unspecified atom stereocenters. The number of methoxy groups -OCH3 is 1. The van der Waals surface area contributed by atoms with Gasteiger partial charge in [-0.3, -0.25) is 14.6 Å². The second-order valence-corrected chi connectivity index (χ2v) is 7.01. The molecule has 2 atom stereocenters. The van der Waals surface area contributed by atoms with E-state index in [2.05, 4.69) is 34.1 Å². The summed E-state index contributed by atoms with van der Waals surface area (Å²) in [5.74, 6) is 0.107. The van der Waals surface area contributed by atoms with Gasteiger partial charge in [-0.1, -0.05) is 30.3 Å². The van der Waals surface area contributed by atoms with E-state index in [-0.39, 0.29) is 24.7 Å². The summed E-state index contributed by atoms with van der Waals surface area (Å²) in [6.07, 6.45) is 0.771. The predicted octanol–water partition coefficient (Wildman–Crippen LogP) is 0.412. The average Bonchev–Trinajstić information content (AvgIpc) is 3.08. The van der Waals surface area contributed by atoms with Crippen LogP contribution in [-0.4, -0.2) is 90.8 Å². The molecule has 2 aliphatic heterocycles. The molecule has 0 spiro atoms. The predicted molar refractivity (Wildman–Crippen MR) is 96.2 cm³/mol. The van der Waals surface area contributed by atoms with E-state index in [1.54, 1.807) is 12.0 Å². The fourth-order valence-corrected chi connectivity index (χ4v) is 3.75. The molecule has 2 heterocycles. The lowest BCUT2D eigenvalue weighted by molar-refractivity contribution is -0.134. The number of hydrogen-bond acceptors (Lipinski definition) is 5. The number of piperazine rings is 1. The molecule has 0 saturated carbocycles. The summed E-state index contributed by atoms with van der Waals surface area (Å²) in [6.45, 7) is 5.78. The van der Waals surface area contributed by atoms with E-state index >= 15 is 0 Å². The normalized spacial score (nSPS) is 25.4. The molecule has 0 bridgehead atoms. The van der Waals surface area contributed by atoms with Crippen molar-refractivity contribution in [3.05, 3.63) is 35.9 Å². The van der Waals surface area contributed by atoms with Crippen LogP contribution in [0.5, 0.6) is 0 Å². The third kappa shape index (κ3) is 4.79. The van der Waals surface area contributed by atoms with E-state index in [0.717, 1.165) is 39.1 Å². The largest absolute Gasteiger partial charge is 0.394 e. The van der Waals surface area contributed by atoms with Crippen molar-refractivity contribution >= 4 is 5.91 Å². The van der Waals surface area contributed by atoms with Crippen molar-refractivity contribution in [3.8, 4) is 0 Å². The second kappa shape index (κ2) is 8.76. The first-order valence-corrected chi connectivity index (χ1v) is 9.11. The standard InChI is InChI=1S/C19H29N3O3/c1-25-18-11-17(15-23)22(13-18)19(24)14-21-9-7-20(8-10-21)12-16-5-3-2-4-6-16/h2-6,17-18,23H,7-15H2,1H3/t17-,18+/m0/s1. The van der Waals surface area contributed by atoms with Gasteiger partial charge in [0.1, 0.15) is 0 Å². The monoisotopic (exact) mass is 347 g/mol. The van der Waals surface area contributed by atoms with Gasteiger partial charge in [-0.25, -0.2) is 0 Å². The maximum atomic E-state index is 12.6. The van der Waals surface area contributed by atoms with E-state index in [1.807, 2.05) is 6.07 Å². The summed E-state index contributed by atoms with van der Waals surface area (Å²) >= 11 is 0. The van der Waals surface area contributed by atoms with Crippen molar-refractivity contribution < 1.29 is 14.6 Å². The highest BCUT2D eigenvalue weighted by atomic mass is 16.5. The van der Waals surface area contributed by atoms with Gasteiger partial charge >= 0.3 is 0 Å². The molecule has 6 nitrogen and oxygen atoms in total. The van der Waals surface area contributed by atoms with E-state index in [0.29, 0.717) is 13.1 Å². The molecule has 25 heavy (non-hydrogen) atoms. The number of ether oxygens (including phenoxy) is 1. The molecular formula is C19H29N3O3. The van der Waals surface area contributed by atoms with E-state index in [9.17, 15) is 9.90 Å². The Labute approximate surface area is 150 Å². The van der Waals surface area contributed by atoms with Crippen LogP contribution in [0.25, 0.3) is 0 Å². The summed E-state index contributed by atoms with van der Waals surface area (Å²) in [5, 5.41) is 9.51. The van der Waals surface area contributed by atoms with Gasteiger partial charge in [0.15, 0.2) is 0 Å². The zero-order valence-corrected chi connectivity index (χ0v) is 15.0. The van der Waals surface area contributed by atoms with Crippen LogP contribution >= 0.6 is 0 Å². The second-order valence-electron chi connectivity index (χ2n) is 7.01. The lowest BCUT2D eigenvalue weighted by atomic mass is 10.2. The Bertz CT molecular complexity index is 546. The van der Waals surface area contributed by atoms with Crippen LogP contribution in [-0.2, 0) is 16.1 Å². The minimum atomic E-state index is -0.100. The summed E-state index contributed by atoms with van der Waals surface area (Å²) in [5.41, 5.74) is 1.33. The van der Waals surface area contributed by atoms with Crippen molar-refractivity contribution in [1.29, 1.82) is 0 Å². The molecule has 0 aliphatic carbocycles. The minimum absolute atomic E-state index is 0.0104. The molecule has 1 aromatic carbocycles. The molecular weight excluding hydrogens is 318 g/mol. The number of carbonyl (C=O) groups excluding carboxylic acids is 1. The van der Waals surface area contributed by atoms with Gasteiger partial charge in [-0.05, 0) is 12.0 Å². The number of aliphatic hydroxyl groups is 1. The van der Waals surface area contributed by atoms with E-state index in [1.165, 1.54) is 5.56 Å². The fourth-order valence-electron chi connectivity index (χ4n) is 3.75. The first kappa shape index (κ1) is 18.3. The Balaban J connectivity index is 1.45. The molecule has 138 valence electrons. The number of carbonyl (C=O) groups is 1. The van der Waals surface area contributed by atoms with Crippen molar-refractivity contribution in [2.45, 2.75) is 25.1 Å². The first-order chi connectivity index (χ1) is 12.2. The van der Waals surface area contributed by atoms with Gasteiger partial charge in [-0.2, -0.15) is 0 Å². The molecule has 0 radical (unpaired) electrons. The Morgan fingerprint density at radius 3 is 2.48 bits per heavy atom. The van der Waals surface area contributed by atoms with E-state index in [4.69, 9.17) is 4.74 Å². The summed E-state index contributed by atoms with van der Waals surface area (Å²) < 4.78 is 5.36. The van der Waals surface area contributed by atoms with Gasteiger partial charge in [0.05, 0.1) is 25.3 Å². The number of hydrogen-bond donors (Lipinski definition) is 1. The molecule has 1 amide bonds. The van der Waals surface area contributed by atoms with Gasteiger partial charge in [-0.15, -0.1) is 0 Å². The number of nitrogens with zero attached hydrogens (tertiary/aromatic N) is 3. The van der Waals surface area contributed by atoms with Crippen LogP contribution in [0.2, 0.25) is 0 Å². The highest BCUT2D eigenvalue weighted by Gasteiger charge is 2.35. The van der Waals surface area contributed by atoms with Crippen molar-refractivity contribution in [2.75, 3.05) is 53.0 Å². The van der Waals surface area contributed by atoms with Crippen molar-refractivity contribution in [3.63, 3.8) is 0 Å². The highest BCUT2D eigenvalue weighted by Crippen LogP contribution is 2.20. The first-order valence-electron chi connectivity index (χ1n) is 9.11. The van der Waals surface area contributed by atoms with Gasteiger partial charge in [0.25, 0.3) is 0 Å². The molecule has 2 fully saturated rings. The number of likely N-dealkylation sites (tertiary alicyclic amines) is 1. The van der Waals surface area contributed by atoms with Crippen LogP contribution in [0.15, 0.2) is 30.3 Å². The topological polar surface area (TPSA) is 56.3 Å². The maximum Gasteiger partial charge on any atom is 0.237 e. The SMILES string of the molecule is CO[C@@H]1C[C@@H](CO)N(C(=O)CN2CCN(Cc3ccccc3)CC2)C1. The summed E-state index contributed by atoms with van der Waals surface area (Å²) in [4.78, 5) is 19.1. The highest BCUT2D eigenvalue weighted by molar-refractivity contribution is 5.79. The third-order valence-corrected chi connectivity index (χ3v) is 5.31. The molecule has 6 heteroatoms. The average molecular weight is 347 g/mol. The number of rotatable bonds is 6. The number of benzene rings is 1. The zero-order chi connectivity index (χ0) is 17.6. The van der Waals surface area contributed by atoms with E-state index < -0.39 is 0 Å². The summed E-state index contributed by atoms with van der Waals surface area (Å²) in [6, 6.07) is 10.4. The molecule has 2 saturated heterocycles. The maximum absolute atomic E-state index is 12.6. The van der Waals surface area contributed by atoms with Crippen LogP contribution in [0.4, 0.5) is 0 Å². The molecule has 0 aromatic heterocycles. The van der Waals surface area contributed by atoms with Gasteiger partial charge in [0.2, 0.25) is 5.91 Å². The van der Waals surface area contributed by atoms with Crippen LogP contribution in [0, 0.1) is 0 Å². The molecule has 2 aliphatic rings. The van der Waals surface area contributed by atoms with Crippen LogP contribution in [0.1, 0.15) is 12.0 Å². The molecule has 1 aromatic rings. The molecule has 1 N–H and O–H groups in total. The lowest BCUT2D eigenvalue weighted by Crippen LogP contribution is -2.50. The number of amides is 1. The quantitative estimate of drug-likeness (QED) is 0.808. The van der Waals surface area contributed by atoms with Crippen molar-refractivity contribution in [1.82, 2.24) is 14.7 Å². The Morgan fingerprint density at radius 2 is 1.84 bits per heavy atom. The van der Waals surface area contributed by atoms with Crippen LogP contribution < -0.4 is 0 Å².